The highest BCUT2D eigenvalue weighted by atomic mass is 16.4. The van der Waals surface area contributed by atoms with Gasteiger partial charge in [-0.25, -0.2) is 9.59 Å². The highest BCUT2D eigenvalue weighted by molar-refractivity contribution is 6.03. The predicted octanol–water partition coefficient (Wildman–Crippen LogP) is 5.59. The highest BCUT2D eigenvalue weighted by Gasteiger charge is 2.61. The van der Waals surface area contributed by atoms with Crippen LogP contribution in [-0.4, -0.2) is 22.2 Å². The van der Waals surface area contributed by atoms with Crippen LogP contribution < -0.4 is 0 Å². The Kier molecular flexibility index (Phi) is 5.29. The average Bonchev–Trinajstić information content (AvgIpc) is 2.80. The Morgan fingerprint density at radius 1 is 0.853 bits per heavy atom. The molecule has 4 aliphatic carbocycles. The van der Waals surface area contributed by atoms with Crippen molar-refractivity contribution in [3.63, 3.8) is 0 Å². The summed E-state index contributed by atoms with van der Waals surface area (Å²) in [4.78, 5) is 22.9. The second kappa shape index (κ2) is 8.07. The summed E-state index contributed by atoms with van der Waals surface area (Å²) in [6, 6.07) is 12.8. The Morgan fingerprint density at radius 3 is 2.12 bits per heavy atom. The first-order valence-electron chi connectivity index (χ1n) is 11.9. The van der Waals surface area contributed by atoms with Crippen molar-refractivity contribution in [3.8, 4) is 23.7 Å². The lowest BCUT2D eigenvalue weighted by Crippen LogP contribution is -2.59. The summed E-state index contributed by atoms with van der Waals surface area (Å²) in [6.45, 7) is 4.95. The molecule has 0 aliphatic heterocycles. The molecule has 0 saturated heterocycles. The summed E-state index contributed by atoms with van der Waals surface area (Å²) in [5.41, 5.74) is 2.41. The van der Waals surface area contributed by atoms with Gasteiger partial charge in [-0.05, 0) is 96.9 Å². The predicted molar refractivity (Wildman–Crippen MR) is 130 cm³/mol. The number of benzene rings is 2. The van der Waals surface area contributed by atoms with Crippen molar-refractivity contribution in [2.75, 3.05) is 0 Å². The third kappa shape index (κ3) is 3.50. The first-order valence-corrected chi connectivity index (χ1v) is 11.9. The third-order valence-corrected chi connectivity index (χ3v) is 8.84. The van der Waals surface area contributed by atoms with E-state index in [0.717, 1.165) is 23.3 Å². The minimum atomic E-state index is -1.32. The summed E-state index contributed by atoms with van der Waals surface area (Å²) < 4.78 is 0. The Morgan fingerprint density at radius 2 is 1.50 bits per heavy atom. The van der Waals surface area contributed by atoms with Crippen molar-refractivity contribution in [3.05, 3.63) is 70.3 Å². The van der Waals surface area contributed by atoms with E-state index in [1.54, 1.807) is 0 Å². The van der Waals surface area contributed by atoms with Gasteiger partial charge in [0.1, 0.15) is 0 Å². The molecule has 0 spiro atoms. The van der Waals surface area contributed by atoms with Crippen molar-refractivity contribution in [2.24, 2.45) is 23.2 Å². The van der Waals surface area contributed by atoms with Crippen LogP contribution in [0.5, 0.6) is 0 Å². The zero-order valence-electron chi connectivity index (χ0n) is 19.5. The van der Waals surface area contributed by atoms with Crippen LogP contribution in [0.15, 0.2) is 42.5 Å². The molecule has 6 rings (SSSR count). The fourth-order valence-corrected chi connectivity index (χ4v) is 7.22. The molecule has 4 heteroatoms. The molecule has 4 bridgehead atoms. The SMILES string of the molecule is CC1(C)C2CC3CC(C2)CC1(c1ccc(C#CC#Cc2cccc(C(=O)O)c2C(=O)O)cc1)C3. The van der Waals surface area contributed by atoms with E-state index in [1.807, 2.05) is 0 Å². The van der Waals surface area contributed by atoms with Gasteiger partial charge in [0.2, 0.25) is 0 Å². The lowest BCUT2D eigenvalue weighted by atomic mass is 9.38. The molecule has 0 amide bonds. The van der Waals surface area contributed by atoms with E-state index < -0.39 is 11.9 Å². The molecule has 0 aromatic heterocycles. The van der Waals surface area contributed by atoms with Crippen LogP contribution in [-0.2, 0) is 5.41 Å². The lowest BCUT2D eigenvalue weighted by molar-refractivity contribution is -0.113. The van der Waals surface area contributed by atoms with Crippen molar-refractivity contribution in [1.82, 2.24) is 0 Å². The Labute approximate surface area is 200 Å². The summed E-state index contributed by atoms with van der Waals surface area (Å²) >= 11 is 0. The van der Waals surface area contributed by atoms with Crippen LogP contribution >= 0.6 is 0 Å². The smallest absolute Gasteiger partial charge is 0.337 e. The van der Waals surface area contributed by atoms with E-state index >= 15 is 0 Å². The van der Waals surface area contributed by atoms with Crippen molar-refractivity contribution >= 4 is 11.9 Å². The molecule has 172 valence electrons. The van der Waals surface area contributed by atoms with Crippen LogP contribution in [0.4, 0.5) is 0 Å². The molecule has 4 aliphatic rings. The zero-order valence-corrected chi connectivity index (χ0v) is 19.5. The van der Waals surface area contributed by atoms with Crippen molar-refractivity contribution < 1.29 is 19.8 Å². The summed E-state index contributed by atoms with van der Waals surface area (Å²) in [5, 5.41) is 18.7. The zero-order chi connectivity index (χ0) is 24.1. The van der Waals surface area contributed by atoms with Crippen LogP contribution in [0, 0.1) is 46.9 Å². The van der Waals surface area contributed by atoms with Gasteiger partial charge in [0.15, 0.2) is 0 Å². The van der Waals surface area contributed by atoms with Gasteiger partial charge in [-0.3, -0.25) is 0 Å². The third-order valence-electron chi connectivity index (χ3n) is 8.84. The van der Waals surface area contributed by atoms with E-state index in [9.17, 15) is 19.8 Å². The molecule has 2 aromatic rings. The maximum atomic E-state index is 11.5. The summed E-state index contributed by atoms with van der Waals surface area (Å²) in [7, 11) is 0. The van der Waals surface area contributed by atoms with Crippen molar-refractivity contribution in [2.45, 2.75) is 51.4 Å². The maximum Gasteiger partial charge on any atom is 0.337 e. The number of aromatic carboxylic acids is 2. The second-order valence-electron chi connectivity index (χ2n) is 10.8. The standard InChI is InChI=1S/C30H28O4/c1-29(2)24-15-20-14-21(16-24)18-30(29,17-20)23-12-10-19(11-13-23)6-3-4-7-22-8-5-9-25(27(31)32)26(22)28(33)34/h5,8-13,20-21,24H,14-18H2,1-2H3,(H,31,32)(H,33,34). The van der Waals surface area contributed by atoms with Crippen LogP contribution in [0.1, 0.15) is 83.4 Å². The minimum absolute atomic E-state index is 0.140. The van der Waals surface area contributed by atoms with E-state index in [-0.39, 0.29) is 22.1 Å². The van der Waals surface area contributed by atoms with Gasteiger partial charge >= 0.3 is 11.9 Å². The molecular formula is C30H28O4. The molecular weight excluding hydrogens is 424 g/mol. The maximum absolute atomic E-state index is 11.5. The highest BCUT2D eigenvalue weighted by Crippen LogP contribution is 2.68. The number of carboxylic acids is 2. The molecule has 0 heterocycles. The lowest BCUT2D eigenvalue weighted by Gasteiger charge is -2.66. The Hall–Kier alpha value is -3.50. The fourth-order valence-electron chi connectivity index (χ4n) is 7.22. The average molecular weight is 453 g/mol. The Bertz CT molecular complexity index is 1280. The summed E-state index contributed by atoms with van der Waals surface area (Å²) in [5.74, 6) is 11.2. The van der Waals surface area contributed by atoms with Gasteiger partial charge in [0, 0.05) is 16.5 Å². The molecule has 4 fully saturated rings. The first-order chi connectivity index (χ1) is 16.2. The topological polar surface area (TPSA) is 74.6 Å². The van der Waals surface area contributed by atoms with Gasteiger partial charge in [0.25, 0.3) is 0 Å². The minimum Gasteiger partial charge on any atom is -0.478 e. The number of hydrogen-bond acceptors (Lipinski definition) is 2. The van der Waals surface area contributed by atoms with Crippen LogP contribution in [0.25, 0.3) is 0 Å². The number of carboxylic acid groups (broad SMARTS) is 2. The normalized spacial score (nSPS) is 27.8. The van der Waals surface area contributed by atoms with E-state index in [2.05, 4.69) is 61.8 Å². The van der Waals surface area contributed by atoms with Gasteiger partial charge in [0.05, 0.1) is 11.1 Å². The first kappa shape index (κ1) is 22.3. The Balaban J connectivity index is 1.39. The van der Waals surface area contributed by atoms with Crippen molar-refractivity contribution in [1.29, 1.82) is 0 Å². The monoisotopic (exact) mass is 452 g/mol. The van der Waals surface area contributed by atoms with E-state index in [1.165, 1.54) is 55.9 Å². The molecule has 34 heavy (non-hydrogen) atoms. The molecule has 4 nitrogen and oxygen atoms in total. The van der Waals surface area contributed by atoms with Gasteiger partial charge in [-0.1, -0.05) is 43.9 Å². The molecule has 0 radical (unpaired) electrons. The second-order valence-corrected chi connectivity index (χ2v) is 10.8. The van der Waals surface area contributed by atoms with E-state index in [4.69, 9.17) is 0 Å². The molecule has 2 atom stereocenters. The largest absolute Gasteiger partial charge is 0.478 e. The van der Waals surface area contributed by atoms with Gasteiger partial charge in [-0.15, -0.1) is 0 Å². The van der Waals surface area contributed by atoms with Crippen LogP contribution in [0.3, 0.4) is 0 Å². The summed E-state index contributed by atoms with van der Waals surface area (Å²) in [6.07, 6.45) is 6.80. The fraction of sp³-hybridized carbons (Fsp3) is 0.400. The number of hydrogen-bond donors (Lipinski definition) is 2. The van der Waals surface area contributed by atoms with Gasteiger partial charge < -0.3 is 10.2 Å². The molecule has 2 unspecified atom stereocenters. The van der Waals surface area contributed by atoms with Crippen LogP contribution in [0.2, 0.25) is 0 Å². The quantitative estimate of drug-likeness (QED) is 0.596. The van der Waals surface area contributed by atoms with Gasteiger partial charge in [-0.2, -0.15) is 0 Å². The van der Waals surface area contributed by atoms with E-state index in [0.29, 0.717) is 5.41 Å². The molecule has 2 aromatic carbocycles. The molecule has 4 saturated carbocycles. The molecule has 2 N–H and O–H groups in total. The number of rotatable bonds is 3. The number of carbonyl (C=O) groups is 2.